The van der Waals surface area contributed by atoms with E-state index in [1.807, 2.05) is 24.3 Å². The summed E-state index contributed by atoms with van der Waals surface area (Å²) in [5.74, 6) is 0.0260. The fourth-order valence-corrected chi connectivity index (χ4v) is 2.87. The minimum absolute atomic E-state index is 0.0622. The van der Waals surface area contributed by atoms with E-state index < -0.39 is 0 Å². The van der Waals surface area contributed by atoms with Crippen LogP contribution in [0.4, 0.5) is 4.39 Å². The van der Waals surface area contributed by atoms with Crippen LogP contribution in [0, 0.1) is 5.82 Å². The highest BCUT2D eigenvalue weighted by Crippen LogP contribution is 2.29. The highest BCUT2D eigenvalue weighted by atomic mass is 79.9. The summed E-state index contributed by atoms with van der Waals surface area (Å²) in [6.45, 7) is 0.458. The molecule has 0 saturated heterocycles. The number of rotatable bonds is 5. The molecule has 0 amide bonds. The molecule has 0 aliphatic heterocycles. The normalized spacial score (nSPS) is 12.2. The van der Waals surface area contributed by atoms with Crippen molar-refractivity contribution in [3.8, 4) is 5.75 Å². The van der Waals surface area contributed by atoms with Gasteiger partial charge in [0.25, 0.3) is 0 Å². The van der Waals surface area contributed by atoms with Gasteiger partial charge in [-0.1, -0.05) is 46.3 Å². The van der Waals surface area contributed by atoms with Gasteiger partial charge in [-0.15, -0.1) is 0 Å². The van der Waals surface area contributed by atoms with E-state index in [-0.39, 0.29) is 17.5 Å². The molecular weight excluding hydrogens is 321 g/mol. The van der Waals surface area contributed by atoms with Crippen molar-refractivity contribution in [2.75, 3.05) is 13.7 Å². The zero-order valence-electron chi connectivity index (χ0n) is 11.3. The minimum Gasteiger partial charge on any atom is -0.494 e. The Balaban J connectivity index is 2.30. The van der Waals surface area contributed by atoms with Crippen LogP contribution >= 0.6 is 15.9 Å². The third-order valence-electron chi connectivity index (χ3n) is 3.36. The van der Waals surface area contributed by atoms with E-state index in [2.05, 4.69) is 15.9 Å². The van der Waals surface area contributed by atoms with Gasteiger partial charge in [-0.3, -0.25) is 0 Å². The van der Waals surface area contributed by atoms with Crippen molar-refractivity contribution in [1.82, 2.24) is 0 Å². The smallest absolute Gasteiger partial charge is 0.168 e. The third kappa shape index (κ3) is 3.19. The van der Waals surface area contributed by atoms with E-state index in [1.54, 1.807) is 18.2 Å². The maximum atomic E-state index is 14.2. The van der Waals surface area contributed by atoms with Crippen LogP contribution in [0.25, 0.3) is 0 Å². The average Bonchev–Trinajstić information content (AvgIpc) is 2.47. The summed E-state index contributed by atoms with van der Waals surface area (Å²) in [6, 6.07) is 13.1. The van der Waals surface area contributed by atoms with Gasteiger partial charge in [-0.05, 0) is 36.2 Å². The molecule has 0 aromatic heterocycles. The SMILES string of the molecule is COc1cccc(CC(CN)c2ccccc2Br)c1F. The standard InChI is InChI=1S/C16H17BrFNO/c1-20-15-8-4-5-11(16(15)18)9-12(10-19)13-6-2-3-7-14(13)17/h2-8,12H,9-10,19H2,1H3. The molecule has 4 heteroatoms. The van der Waals surface area contributed by atoms with E-state index in [4.69, 9.17) is 10.5 Å². The van der Waals surface area contributed by atoms with E-state index in [1.165, 1.54) is 7.11 Å². The topological polar surface area (TPSA) is 35.2 Å². The quantitative estimate of drug-likeness (QED) is 0.898. The summed E-state index contributed by atoms with van der Waals surface area (Å²) in [7, 11) is 1.47. The Kier molecular flexibility index (Phi) is 5.15. The van der Waals surface area contributed by atoms with Gasteiger partial charge in [0.05, 0.1) is 7.11 Å². The van der Waals surface area contributed by atoms with Gasteiger partial charge in [0.15, 0.2) is 11.6 Å². The second-order valence-electron chi connectivity index (χ2n) is 4.59. The van der Waals surface area contributed by atoms with Crippen molar-refractivity contribution in [3.63, 3.8) is 0 Å². The lowest BCUT2D eigenvalue weighted by atomic mass is 9.92. The lowest BCUT2D eigenvalue weighted by molar-refractivity contribution is 0.383. The number of halogens is 2. The van der Waals surface area contributed by atoms with Gasteiger partial charge in [-0.25, -0.2) is 4.39 Å². The number of methoxy groups -OCH3 is 1. The molecular formula is C16H17BrFNO. The molecule has 0 spiro atoms. The van der Waals surface area contributed by atoms with Crippen LogP contribution in [-0.2, 0) is 6.42 Å². The molecule has 0 aliphatic rings. The Bertz CT molecular complexity index is 588. The molecule has 2 nitrogen and oxygen atoms in total. The molecule has 2 aromatic rings. The number of hydrogen-bond acceptors (Lipinski definition) is 2. The van der Waals surface area contributed by atoms with Crippen LogP contribution in [0.1, 0.15) is 17.0 Å². The van der Waals surface area contributed by atoms with Crippen LogP contribution in [0.2, 0.25) is 0 Å². The fourth-order valence-electron chi connectivity index (χ4n) is 2.26. The maximum Gasteiger partial charge on any atom is 0.168 e. The van der Waals surface area contributed by atoms with E-state index in [0.29, 0.717) is 18.5 Å². The molecule has 2 N–H and O–H groups in total. The van der Waals surface area contributed by atoms with Gasteiger partial charge in [0, 0.05) is 10.4 Å². The van der Waals surface area contributed by atoms with Gasteiger partial charge in [-0.2, -0.15) is 0 Å². The van der Waals surface area contributed by atoms with E-state index in [0.717, 1.165) is 10.0 Å². The minimum atomic E-state index is -0.305. The zero-order valence-corrected chi connectivity index (χ0v) is 12.9. The van der Waals surface area contributed by atoms with Crippen LogP contribution in [0.3, 0.4) is 0 Å². The molecule has 2 rings (SSSR count). The Morgan fingerprint density at radius 3 is 2.60 bits per heavy atom. The van der Waals surface area contributed by atoms with Crippen LogP contribution in [0.15, 0.2) is 46.9 Å². The molecule has 0 heterocycles. The molecule has 20 heavy (non-hydrogen) atoms. The predicted octanol–water partition coefficient (Wildman–Crippen LogP) is 3.88. The molecule has 1 atom stereocenters. The van der Waals surface area contributed by atoms with Gasteiger partial charge in [0.2, 0.25) is 0 Å². The Morgan fingerprint density at radius 2 is 1.95 bits per heavy atom. The number of benzene rings is 2. The summed E-state index contributed by atoms with van der Waals surface area (Å²) >= 11 is 3.52. The third-order valence-corrected chi connectivity index (χ3v) is 4.08. The number of ether oxygens (including phenoxy) is 1. The maximum absolute atomic E-state index is 14.2. The zero-order chi connectivity index (χ0) is 14.5. The van der Waals surface area contributed by atoms with Crippen molar-refractivity contribution < 1.29 is 9.13 Å². The fraction of sp³-hybridized carbons (Fsp3) is 0.250. The molecule has 0 radical (unpaired) electrons. The second-order valence-corrected chi connectivity index (χ2v) is 5.45. The highest BCUT2D eigenvalue weighted by molar-refractivity contribution is 9.10. The van der Waals surface area contributed by atoms with Gasteiger partial charge < -0.3 is 10.5 Å². The lowest BCUT2D eigenvalue weighted by Crippen LogP contribution is -2.16. The van der Waals surface area contributed by atoms with Crippen molar-refractivity contribution in [2.24, 2.45) is 5.73 Å². The van der Waals surface area contributed by atoms with Crippen LogP contribution < -0.4 is 10.5 Å². The van der Waals surface area contributed by atoms with Crippen molar-refractivity contribution >= 4 is 15.9 Å². The summed E-state index contributed by atoms with van der Waals surface area (Å²) in [4.78, 5) is 0. The number of nitrogens with two attached hydrogens (primary N) is 1. The molecule has 0 fully saturated rings. The largest absolute Gasteiger partial charge is 0.494 e. The molecule has 0 aliphatic carbocycles. The summed E-state index contributed by atoms with van der Waals surface area (Å²) in [5, 5.41) is 0. The highest BCUT2D eigenvalue weighted by Gasteiger charge is 2.17. The first kappa shape index (κ1) is 15.0. The van der Waals surface area contributed by atoms with Gasteiger partial charge >= 0.3 is 0 Å². The molecule has 0 saturated carbocycles. The summed E-state index contributed by atoms with van der Waals surface area (Å²) in [5.41, 5.74) is 7.58. The van der Waals surface area contributed by atoms with Crippen molar-refractivity contribution in [2.45, 2.75) is 12.3 Å². The second kappa shape index (κ2) is 6.86. The van der Waals surface area contributed by atoms with Crippen LogP contribution in [-0.4, -0.2) is 13.7 Å². The van der Waals surface area contributed by atoms with E-state index >= 15 is 0 Å². The van der Waals surface area contributed by atoms with E-state index in [9.17, 15) is 4.39 Å². The average molecular weight is 338 g/mol. The first-order chi connectivity index (χ1) is 9.67. The van der Waals surface area contributed by atoms with Crippen molar-refractivity contribution in [3.05, 3.63) is 63.9 Å². The molecule has 2 aromatic carbocycles. The first-order valence-corrected chi connectivity index (χ1v) is 7.22. The number of hydrogen-bond donors (Lipinski definition) is 1. The Morgan fingerprint density at radius 1 is 1.20 bits per heavy atom. The molecule has 106 valence electrons. The first-order valence-electron chi connectivity index (χ1n) is 6.43. The summed E-state index contributed by atoms with van der Waals surface area (Å²) in [6.07, 6.45) is 0.544. The van der Waals surface area contributed by atoms with Crippen LogP contribution in [0.5, 0.6) is 5.75 Å². The van der Waals surface area contributed by atoms with Gasteiger partial charge in [0.1, 0.15) is 0 Å². The predicted molar refractivity (Wildman–Crippen MR) is 82.6 cm³/mol. The Hall–Kier alpha value is -1.39. The summed E-state index contributed by atoms with van der Waals surface area (Å²) < 4.78 is 20.2. The lowest BCUT2D eigenvalue weighted by Gasteiger charge is -2.18. The monoisotopic (exact) mass is 337 g/mol. The molecule has 1 unspecified atom stereocenters. The molecule has 0 bridgehead atoms. The van der Waals surface area contributed by atoms with Crippen molar-refractivity contribution in [1.29, 1.82) is 0 Å². The Labute approximate surface area is 126 Å².